The minimum Gasteiger partial charge on any atom is -0.412 e. The standard InChI is InChI=1S/C2F4O.CF2O.CO2.CH4.FH.2H2O/c3-1(7)2(4,5)6;2-1(3)4;2-1-3;;;;/h;;;1H4;1H;2*1H2. The van der Waals surface area contributed by atoms with E-state index in [-0.39, 0.29) is 29.2 Å². The van der Waals surface area contributed by atoms with Gasteiger partial charge >= 0.3 is 24.7 Å². The van der Waals surface area contributed by atoms with E-state index in [9.17, 15) is 26.3 Å². The molecule has 0 spiro atoms. The minimum atomic E-state index is -5.31. The summed E-state index contributed by atoms with van der Waals surface area (Å²) in [4.78, 5) is 33.0. The Bertz CT molecular complexity index is 217. The van der Waals surface area contributed by atoms with E-state index in [1.807, 2.05) is 0 Å². The molecule has 0 heterocycles. The summed E-state index contributed by atoms with van der Waals surface area (Å²) in [5.74, 6) is 0. The second-order valence-corrected chi connectivity index (χ2v) is 1.08. The van der Waals surface area contributed by atoms with Crippen LogP contribution in [0, 0.1) is 0 Å². The zero-order valence-electron chi connectivity index (χ0n) is 7.31. The molecule has 13 heteroatoms. The van der Waals surface area contributed by atoms with E-state index in [1.165, 1.54) is 0 Å². The van der Waals surface area contributed by atoms with Crippen molar-refractivity contribution in [2.75, 3.05) is 0 Å². The van der Waals surface area contributed by atoms with Gasteiger partial charge in [0.25, 0.3) is 0 Å². The molecule has 0 saturated heterocycles. The lowest BCUT2D eigenvalue weighted by atomic mass is 10.7. The highest BCUT2D eigenvalue weighted by Gasteiger charge is 2.38. The number of carbonyl (C=O) groups is 2. The van der Waals surface area contributed by atoms with Crippen LogP contribution in [0.25, 0.3) is 0 Å². The van der Waals surface area contributed by atoms with Gasteiger partial charge in [-0.1, -0.05) is 7.43 Å². The average Bonchev–Trinajstić information content (AvgIpc) is 1.84. The fraction of sp³-hybridized carbons (Fsp3) is 0.400. The first-order valence-electron chi connectivity index (χ1n) is 2.20. The van der Waals surface area contributed by atoms with Crippen LogP contribution in [0.5, 0.6) is 0 Å². The molecule has 18 heavy (non-hydrogen) atoms. The smallest absolute Gasteiger partial charge is 0.412 e. The number of hydrogen-bond acceptors (Lipinski definition) is 4. The van der Waals surface area contributed by atoms with Crippen LogP contribution in [0.1, 0.15) is 7.43 Å². The third-order valence-electron chi connectivity index (χ3n) is 0.223. The number of carbonyl (C=O) groups excluding carboxylic acids is 4. The molecule has 0 saturated carbocycles. The van der Waals surface area contributed by atoms with Gasteiger partial charge < -0.3 is 11.0 Å². The maximum Gasteiger partial charge on any atom is 0.483 e. The summed E-state index contributed by atoms with van der Waals surface area (Å²) >= 11 is 0. The lowest BCUT2D eigenvalue weighted by molar-refractivity contribution is -0.191. The molecular weight excluding hydrogens is 289 g/mol. The van der Waals surface area contributed by atoms with Crippen molar-refractivity contribution in [3.63, 3.8) is 0 Å². The predicted octanol–water partition coefficient (Wildman–Crippen LogP) is 0.646. The summed E-state index contributed by atoms with van der Waals surface area (Å²) in [5, 5.41) is 0. The molecule has 0 aromatic carbocycles. The SMILES string of the molecule is C.F.O.O.O=C(F)C(F)(F)F.O=C(F)F.O=C=O. The van der Waals surface area contributed by atoms with Crippen molar-refractivity contribution in [2.45, 2.75) is 13.6 Å². The minimum absolute atomic E-state index is 0. The van der Waals surface area contributed by atoms with Crippen LogP contribution in [0.4, 0.5) is 35.8 Å². The maximum absolute atomic E-state index is 10.5. The van der Waals surface area contributed by atoms with Gasteiger partial charge in [0, 0.05) is 0 Å². The quantitative estimate of drug-likeness (QED) is 0.479. The Morgan fingerprint density at radius 2 is 0.944 bits per heavy atom. The van der Waals surface area contributed by atoms with Crippen LogP contribution < -0.4 is 0 Å². The van der Waals surface area contributed by atoms with Crippen LogP contribution in [-0.2, 0) is 14.4 Å². The fourth-order valence-electron chi connectivity index (χ4n) is 0. The molecule has 0 atom stereocenters. The van der Waals surface area contributed by atoms with Crippen LogP contribution >= 0.6 is 0 Å². The topological polar surface area (TPSA) is 131 Å². The second-order valence-electron chi connectivity index (χ2n) is 1.08. The van der Waals surface area contributed by atoms with Crippen molar-refractivity contribution in [1.29, 1.82) is 0 Å². The summed E-state index contributed by atoms with van der Waals surface area (Å²) in [7, 11) is 0. The predicted molar refractivity (Wildman–Crippen MR) is 41.3 cm³/mol. The number of hydrogen-bond donors (Lipinski definition) is 0. The lowest BCUT2D eigenvalue weighted by Crippen LogP contribution is -2.16. The van der Waals surface area contributed by atoms with Gasteiger partial charge in [0.2, 0.25) is 0 Å². The molecule has 0 bridgehead atoms. The van der Waals surface area contributed by atoms with Crippen molar-refractivity contribution in [1.82, 2.24) is 0 Å². The van der Waals surface area contributed by atoms with Crippen LogP contribution in [0.15, 0.2) is 0 Å². The molecule has 0 radical (unpaired) electrons. The first kappa shape index (κ1) is 44.3. The first-order valence-corrected chi connectivity index (χ1v) is 2.20. The fourth-order valence-corrected chi connectivity index (χ4v) is 0. The van der Waals surface area contributed by atoms with Crippen molar-refractivity contribution < 1.29 is 61.2 Å². The number of rotatable bonds is 0. The van der Waals surface area contributed by atoms with Gasteiger partial charge in [-0.3, -0.25) is 9.50 Å². The van der Waals surface area contributed by atoms with Crippen molar-refractivity contribution in [3.8, 4) is 0 Å². The zero-order valence-corrected chi connectivity index (χ0v) is 7.31. The lowest BCUT2D eigenvalue weighted by Gasteiger charge is -1.91. The van der Waals surface area contributed by atoms with E-state index in [2.05, 4.69) is 0 Å². The Hall–Kier alpha value is -1.85. The third kappa shape index (κ3) is 142. The summed E-state index contributed by atoms with van der Waals surface area (Å²) in [5.41, 5.74) is 0. The van der Waals surface area contributed by atoms with Crippen LogP contribution in [0.2, 0.25) is 0 Å². The Morgan fingerprint density at radius 1 is 0.889 bits per heavy atom. The first-order chi connectivity index (χ1) is 6.09. The zero-order chi connectivity index (χ0) is 12.4. The van der Waals surface area contributed by atoms with E-state index in [0.717, 1.165) is 0 Å². The van der Waals surface area contributed by atoms with Crippen LogP contribution in [-0.4, -0.2) is 35.6 Å². The summed E-state index contributed by atoms with van der Waals surface area (Å²) in [6.45, 7) is 0. The molecule has 0 unspecified atom stereocenters. The van der Waals surface area contributed by atoms with Gasteiger partial charge in [0.05, 0.1) is 0 Å². The average molecular weight is 298 g/mol. The van der Waals surface area contributed by atoms with E-state index in [1.54, 1.807) is 0 Å². The van der Waals surface area contributed by atoms with Gasteiger partial charge in [0.1, 0.15) is 0 Å². The normalized spacial score (nSPS) is 6.33. The van der Waals surface area contributed by atoms with Crippen molar-refractivity contribution in [3.05, 3.63) is 0 Å². The molecule has 0 rings (SSSR count). The Balaban J connectivity index is -0.0000000196. The molecule has 114 valence electrons. The van der Waals surface area contributed by atoms with Crippen LogP contribution in [0.3, 0.4) is 0 Å². The molecule has 4 N–H and O–H groups in total. The second kappa shape index (κ2) is 24.4. The van der Waals surface area contributed by atoms with E-state index in [4.69, 9.17) is 19.2 Å². The molecule has 0 aromatic heterocycles. The molecule has 6 nitrogen and oxygen atoms in total. The van der Waals surface area contributed by atoms with E-state index >= 15 is 0 Å². The Kier molecular flexibility index (Phi) is 60.0. The molecular formula is C5H9F7O6. The summed E-state index contributed by atoms with van der Waals surface area (Å²) in [6, 6.07) is -3.26. The molecule has 0 fully saturated rings. The monoisotopic (exact) mass is 298 g/mol. The van der Waals surface area contributed by atoms with Crippen molar-refractivity contribution in [2.24, 2.45) is 0 Å². The van der Waals surface area contributed by atoms with E-state index in [0.29, 0.717) is 0 Å². The highest BCUT2D eigenvalue weighted by molar-refractivity contribution is 5.74. The molecule has 0 aromatic rings. The number of halogens is 7. The largest absolute Gasteiger partial charge is 0.483 e. The highest BCUT2D eigenvalue weighted by atomic mass is 19.4. The highest BCUT2D eigenvalue weighted by Crippen LogP contribution is 2.15. The van der Waals surface area contributed by atoms with Crippen molar-refractivity contribution >= 4 is 18.5 Å². The molecule has 0 aliphatic rings. The summed E-state index contributed by atoms with van der Waals surface area (Å²) in [6.07, 6.45) is -7.89. The molecule has 0 aliphatic carbocycles. The van der Waals surface area contributed by atoms with Gasteiger partial charge in [-0.2, -0.15) is 27.2 Å². The Morgan fingerprint density at radius 3 is 0.944 bits per heavy atom. The molecule has 0 amide bonds. The van der Waals surface area contributed by atoms with Gasteiger partial charge in [-0.05, 0) is 0 Å². The van der Waals surface area contributed by atoms with Gasteiger partial charge in [-0.25, -0.2) is 4.79 Å². The molecule has 0 aliphatic heterocycles. The van der Waals surface area contributed by atoms with E-state index < -0.39 is 18.5 Å². The summed E-state index contributed by atoms with van der Waals surface area (Å²) < 4.78 is 61.2. The number of alkyl halides is 3. The maximum atomic E-state index is 10.5. The van der Waals surface area contributed by atoms with Gasteiger partial charge in [0.15, 0.2) is 0 Å². The third-order valence-corrected chi connectivity index (χ3v) is 0.223. The Labute approximate surface area is 94.5 Å². The van der Waals surface area contributed by atoms with Gasteiger partial charge in [-0.15, -0.1) is 8.78 Å².